The van der Waals surface area contributed by atoms with E-state index >= 15 is 0 Å². The maximum absolute atomic E-state index is 12.5. The van der Waals surface area contributed by atoms with Crippen molar-refractivity contribution >= 4 is 11.8 Å². The molecule has 0 radical (unpaired) electrons. The number of nitrogens with zero attached hydrogens (tertiary/aromatic N) is 1. The molecular weight excluding hydrogens is 292 g/mol. The fourth-order valence-corrected chi connectivity index (χ4v) is 3.56. The highest BCUT2D eigenvalue weighted by atomic mass is 16.3. The maximum Gasteiger partial charge on any atom is 0.255 e. The summed E-state index contributed by atoms with van der Waals surface area (Å²) in [5, 5.41) is 13.2. The molecule has 2 amide bonds. The molecule has 5 nitrogen and oxygen atoms in total. The van der Waals surface area contributed by atoms with Crippen LogP contribution in [0.5, 0.6) is 5.75 Å². The summed E-state index contributed by atoms with van der Waals surface area (Å²) in [5.74, 6) is -0.0522. The molecule has 1 aromatic carbocycles. The first-order chi connectivity index (χ1) is 11.0. The van der Waals surface area contributed by atoms with Gasteiger partial charge in [-0.05, 0) is 61.8 Å². The van der Waals surface area contributed by atoms with Crippen LogP contribution >= 0.6 is 0 Å². The third kappa shape index (κ3) is 3.49. The first-order valence-electron chi connectivity index (χ1n) is 8.45. The minimum atomic E-state index is -0.211. The Balaban J connectivity index is 1.66. The summed E-state index contributed by atoms with van der Waals surface area (Å²) in [6.45, 7) is 2.93. The van der Waals surface area contributed by atoms with Crippen LogP contribution in [0, 0.1) is 0 Å². The van der Waals surface area contributed by atoms with Crippen LogP contribution in [-0.2, 0) is 17.6 Å². The van der Waals surface area contributed by atoms with Gasteiger partial charge in [0.05, 0.1) is 5.56 Å². The zero-order valence-electron chi connectivity index (χ0n) is 13.6. The van der Waals surface area contributed by atoms with E-state index < -0.39 is 0 Å². The number of aromatic hydroxyl groups is 1. The van der Waals surface area contributed by atoms with Crippen LogP contribution in [0.15, 0.2) is 12.1 Å². The molecule has 0 unspecified atom stereocenters. The molecule has 0 saturated carbocycles. The monoisotopic (exact) mass is 316 g/mol. The minimum Gasteiger partial charge on any atom is -0.507 e. The van der Waals surface area contributed by atoms with E-state index in [4.69, 9.17) is 0 Å². The number of carbonyl (C=O) groups is 2. The lowest BCUT2D eigenvalue weighted by molar-refractivity contribution is -0.129. The summed E-state index contributed by atoms with van der Waals surface area (Å²) >= 11 is 0. The summed E-state index contributed by atoms with van der Waals surface area (Å²) < 4.78 is 0. The molecule has 3 rings (SSSR count). The average molecular weight is 316 g/mol. The zero-order chi connectivity index (χ0) is 16.4. The molecule has 1 aromatic rings. The van der Waals surface area contributed by atoms with Crippen molar-refractivity contribution in [3.05, 3.63) is 28.8 Å². The van der Waals surface area contributed by atoms with Gasteiger partial charge in [-0.15, -0.1) is 0 Å². The number of fused-ring (bicyclic) bond motifs is 1. The molecule has 1 heterocycles. The lowest BCUT2D eigenvalue weighted by Crippen LogP contribution is -2.46. The predicted molar refractivity (Wildman–Crippen MR) is 87.5 cm³/mol. The van der Waals surface area contributed by atoms with Gasteiger partial charge in [0, 0.05) is 26.1 Å². The van der Waals surface area contributed by atoms with Crippen LogP contribution in [-0.4, -0.2) is 41.0 Å². The fraction of sp³-hybridized carbons (Fsp3) is 0.556. The van der Waals surface area contributed by atoms with Crippen LogP contribution < -0.4 is 5.32 Å². The Bertz CT molecular complexity index is 619. The van der Waals surface area contributed by atoms with Gasteiger partial charge in [0.15, 0.2) is 0 Å². The summed E-state index contributed by atoms with van der Waals surface area (Å²) in [5.41, 5.74) is 2.73. The highest BCUT2D eigenvalue weighted by molar-refractivity contribution is 5.97. The fourth-order valence-electron chi connectivity index (χ4n) is 3.56. The lowest BCUT2D eigenvalue weighted by atomic mass is 9.89. The largest absolute Gasteiger partial charge is 0.507 e. The standard InChI is InChI=1S/C18H24N2O3/c1-12(21)20-8-6-15(7-9-20)19-18(23)16-10-13-4-2-3-5-14(13)11-17(16)22/h10-11,15,22H,2-9H2,1H3,(H,19,23). The van der Waals surface area contributed by atoms with Gasteiger partial charge in [0.25, 0.3) is 5.91 Å². The second-order valence-corrected chi connectivity index (χ2v) is 6.60. The van der Waals surface area contributed by atoms with Gasteiger partial charge in [0.2, 0.25) is 5.91 Å². The third-order valence-corrected chi connectivity index (χ3v) is 4.98. The molecule has 1 fully saturated rings. The number of piperidine rings is 1. The number of likely N-dealkylation sites (tertiary alicyclic amines) is 1. The van der Waals surface area contributed by atoms with Gasteiger partial charge >= 0.3 is 0 Å². The van der Waals surface area contributed by atoms with E-state index in [-0.39, 0.29) is 23.6 Å². The Morgan fingerprint density at radius 3 is 2.35 bits per heavy atom. The van der Waals surface area contributed by atoms with Gasteiger partial charge in [0.1, 0.15) is 5.75 Å². The molecule has 1 saturated heterocycles. The van der Waals surface area contributed by atoms with E-state index in [1.54, 1.807) is 17.9 Å². The van der Waals surface area contributed by atoms with Crippen molar-refractivity contribution in [2.75, 3.05) is 13.1 Å². The molecule has 0 spiro atoms. The van der Waals surface area contributed by atoms with E-state index in [9.17, 15) is 14.7 Å². The number of aryl methyl sites for hydroxylation is 2. The normalized spacial score (nSPS) is 18.4. The number of carbonyl (C=O) groups excluding carboxylic acids is 2. The first-order valence-corrected chi connectivity index (χ1v) is 8.45. The SMILES string of the molecule is CC(=O)N1CCC(NC(=O)c2cc3c(cc2O)CCCC3)CC1. The van der Waals surface area contributed by atoms with Crippen molar-refractivity contribution in [3.63, 3.8) is 0 Å². The number of hydrogen-bond donors (Lipinski definition) is 2. The molecule has 124 valence electrons. The summed E-state index contributed by atoms with van der Waals surface area (Å²) in [6.07, 6.45) is 5.77. The number of amides is 2. The lowest BCUT2D eigenvalue weighted by Gasteiger charge is -2.31. The number of phenols is 1. The highest BCUT2D eigenvalue weighted by Gasteiger charge is 2.24. The van der Waals surface area contributed by atoms with E-state index in [0.717, 1.165) is 38.5 Å². The van der Waals surface area contributed by atoms with E-state index in [2.05, 4.69) is 5.32 Å². The third-order valence-electron chi connectivity index (χ3n) is 4.98. The van der Waals surface area contributed by atoms with Gasteiger partial charge in [-0.1, -0.05) is 0 Å². The summed E-state index contributed by atoms with van der Waals surface area (Å²) in [6, 6.07) is 3.67. The zero-order valence-corrected chi connectivity index (χ0v) is 13.6. The van der Waals surface area contributed by atoms with Crippen molar-refractivity contribution in [1.82, 2.24) is 10.2 Å². The van der Waals surface area contributed by atoms with Gasteiger partial charge in [-0.2, -0.15) is 0 Å². The highest BCUT2D eigenvalue weighted by Crippen LogP contribution is 2.28. The molecule has 2 aliphatic rings. The van der Waals surface area contributed by atoms with Crippen LogP contribution in [0.3, 0.4) is 0 Å². The summed E-state index contributed by atoms with van der Waals surface area (Å²) in [4.78, 5) is 25.6. The van der Waals surface area contributed by atoms with Crippen LogP contribution in [0.4, 0.5) is 0 Å². The molecule has 0 atom stereocenters. The number of nitrogens with one attached hydrogen (secondary N) is 1. The Labute approximate surface area is 136 Å². The summed E-state index contributed by atoms with van der Waals surface area (Å²) in [7, 11) is 0. The van der Waals surface area contributed by atoms with Gasteiger partial charge in [-0.25, -0.2) is 0 Å². The van der Waals surface area contributed by atoms with Crippen LogP contribution in [0.2, 0.25) is 0 Å². The van der Waals surface area contributed by atoms with Crippen molar-refractivity contribution in [1.29, 1.82) is 0 Å². The van der Waals surface area contributed by atoms with Crippen molar-refractivity contribution < 1.29 is 14.7 Å². The molecule has 1 aliphatic carbocycles. The molecule has 0 aromatic heterocycles. The first kappa shape index (κ1) is 15.8. The van der Waals surface area contributed by atoms with Crippen LogP contribution in [0.25, 0.3) is 0 Å². The number of hydrogen-bond acceptors (Lipinski definition) is 3. The van der Waals surface area contributed by atoms with Crippen molar-refractivity contribution in [2.45, 2.75) is 51.5 Å². The molecule has 0 bridgehead atoms. The quantitative estimate of drug-likeness (QED) is 0.877. The maximum atomic E-state index is 12.5. The number of benzene rings is 1. The average Bonchev–Trinajstić information content (AvgIpc) is 2.54. The predicted octanol–water partition coefficient (Wildman–Crippen LogP) is 2.01. The van der Waals surface area contributed by atoms with Gasteiger partial charge in [-0.3, -0.25) is 9.59 Å². The smallest absolute Gasteiger partial charge is 0.255 e. The Hall–Kier alpha value is -2.04. The van der Waals surface area contributed by atoms with Crippen molar-refractivity contribution in [2.24, 2.45) is 0 Å². The van der Waals surface area contributed by atoms with E-state index in [0.29, 0.717) is 18.7 Å². The van der Waals surface area contributed by atoms with Crippen molar-refractivity contribution in [3.8, 4) is 5.75 Å². The number of phenolic OH excluding ortho intramolecular Hbond substituents is 1. The Kier molecular flexibility index (Phi) is 4.55. The van der Waals surface area contributed by atoms with E-state index in [1.807, 2.05) is 6.07 Å². The van der Waals surface area contributed by atoms with Gasteiger partial charge < -0.3 is 15.3 Å². The minimum absolute atomic E-state index is 0.0635. The second kappa shape index (κ2) is 6.60. The molecule has 1 aliphatic heterocycles. The molecule has 5 heteroatoms. The molecule has 2 N–H and O–H groups in total. The molecule has 23 heavy (non-hydrogen) atoms. The second-order valence-electron chi connectivity index (χ2n) is 6.60. The molecular formula is C18H24N2O3. The topological polar surface area (TPSA) is 69.6 Å². The van der Waals surface area contributed by atoms with Crippen LogP contribution in [0.1, 0.15) is 54.1 Å². The Morgan fingerprint density at radius 2 is 1.74 bits per heavy atom. The Morgan fingerprint density at radius 1 is 1.13 bits per heavy atom. The van der Waals surface area contributed by atoms with E-state index in [1.165, 1.54) is 11.1 Å². The number of rotatable bonds is 2.